The molecule has 2 aromatic rings. The molecule has 1 aromatic heterocycles. The lowest BCUT2D eigenvalue weighted by molar-refractivity contribution is 0.380. The third kappa shape index (κ3) is 2.63. The Hall–Kier alpha value is -1.86. The number of hydrogen-bond donors (Lipinski definition) is 2. The Morgan fingerprint density at radius 2 is 2.06 bits per heavy atom. The standard InChI is InChI=1S/C10H10N2O4S/c13-9-3-1-2-4-10(9)17(14,15)12-7-8-5-6-11-16-8/h1-6,12-13H,7H2. The van der Waals surface area contributed by atoms with Crippen LogP contribution < -0.4 is 4.72 Å². The predicted octanol–water partition coefficient (Wildman–Crippen LogP) is 0.859. The van der Waals surface area contributed by atoms with Gasteiger partial charge in [0.2, 0.25) is 10.0 Å². The second-order valence-electron chi connectivity index (χ2n) is 3.27. The highest BCUT2D eigenvalue weighted by Gasteiger charge is 2.17. The van der Waals surface area contributed by atoms with Crippen molar-refractivity contribution in [2.75, 3.05) is 0 Å². The van der Waals surface area contributed by atoms with Crippen molar-refractivity contribution in [1.29, 1.82) is 0 Å². The van der Waals surface area contributed by atoms with Crippen LogP contribution in [0, 0.1) is 0 Å². The molecule has 7 heteroatoms. The maximum absolute atomic E-state index is 11.8. The van der Waals surface area contributed by atoms with Crippen LogP contribution in [0.25, 0.3) is 0 Å². The number of para-hydroxylation sites is 1. The van der Waals surface area contributed by atoms with Crippen LogP contribution in [-0.2, 0) is 16.6 Å². The maximum atomic E-state index is 11.8. The average Bonchev–Trinajstić information content (AvgIpc) is 2.80. The average molecular weight is 254 g/mol. The molecular formula is C10H10N2O4S. The Morgan fingerprint density at radius 1 is 1.29 bits per heavy atom. The van der Waals surface area contributed by atoms with Crippen LogP contribution in [0.5, 0.6) is 5.75 Å². The van der Waals surface area contributed by atoms with Gasteiger partial charge >= 0.3 is 0 Å². The fourth-order valence-corrected chi connectivity index (χ4v) is 2.35. The third-order valence-electron chi connectivity index (χ3n) is 2.08. The first-order valence-electron chi connectivity index (χ1n) is 4.77. The minimum atomic E-state index is -3.75. The first-order valence-corrected chi connectivity index (χ1v) is 6.25. The van der Waals surface area contributed by atoms with Crippen LogP contribution in [0.1, 0.15) is 5.76 Å². The van der Waals surface area contributed by atoms with Crippen molar-refractivity contribution in [2.24, 2.45) is 0 Å². The highest BCUT2D eigenvalue weighted by Crippen LogP contribution is 2.21. The third-order valence-corrected chi connectivity index (χ3v) is 3.53. The number of benzene rings is 1. The smallest absolute Gasteiger partial charge is 0.244 e. The van der Waals surface area contributed by atoms with Gasteiger partial charge in [0.15, 0.2) is 5.76 Å². The fourth-order valence-electron chi connectivity index (χ4n) is 1.26. The van der Waals surface area contributed by atoms with Crippen molar-refractivity contribution in [3.63, 3.8) is 0 Å². The summed E-state index contributed by atoms with van der Waals surface area (Å²) in [6.45, 7) is -0.0172. The molecule has 0 aliphatic carbocycles. The van der Waals surface area contributed by atoms with E-state index in [1.165, 1.54) is 24.4 Å². The van der Waals surface area contributed by atoms with Crippen molar-refractivity contribution in [2.45, 2.75) is 11.4 Å². The molecule has 1 heterocycles. The van der Waals surface area contributed by atoms with Crippen molar-refractivity contribution in [3.05, 3.63) is 42.3 Å². The van der Waals surface area contributed by atoms with E-state index in [-0.39, 0.29) is 17.2 Å². The summed E-state index contributed by atoms with van der Waals surface area (Å²) in [6, 6.07) is 7.25. The molecule has 0 aliphatic heterocycles. The first kappa shape index (κ1) is 11.6. The molecule has 90 valence electrons. The van der Waals surface area contributed by atoms with Crippen LogP contribution >= 0.6 is 0 Å². The molecule has 0 saturated heterocycles. The van der Waals surface area contributed by atoms with Crippen LogP contribution in [0.15, 0.2) is 45.9 Å². The lowest BCUT2D eigenvalue weighted by Crippen LogP contribution is -2.23. The van der Waals surface area contributed by atoms with E-state index < -0.39 is 10.0 Å². The van der Waals surface area contributed by atoms with E-state index in [0.29, 0.717) is 5.76 Å². The highest BCUT2D eigenvalue weighted by atomic mass is 32.2. The number of hydrogen-bond acceptors (Lipinski definition) is 5. The van der Waals surface area contributed by atoms with E-state index in [1.807, 2.05) is 0 Å². The number of sulfonamides is 1. The van der Waals surface area contributed by atoms with Gasteiger partial charge in [-0.25, -0.2) is 13.1 Å². The van der Waals surface area contributed by atoms with Gasteiger partial charge in [0.25, 0.3) is 0 Å². The second kappa shape index (κ2) is 4.56. The van der Waals surface area contributed by atoms with E-state index in [0.717, 1.165) is 0 Å². The molecule has 0 unspecified atom stereocenters. The van der Waals surface area contributed by atoms with Gasteiger partial charge in [-0.3, -0.25) is 0 Å². The second-order valence-corrected chi connectivity index (χ2v) is 5.01. The van der Waals surface area contributed by atoms with Gasteiger partial charge in [-0.1, -0.05) is 17.3 Å². The summed E-state index contributed by atoms with van der Waals surface area (Å²) >= 11 is 0. The summed E-state index contributed by atoms with van der Waals surface area (Å²) in [5, 5.41) is 12.9. The quantitative estimate of drug-likeness (QED) is 0.844. The molecule has 6 nitrogen and oxygen atoms in total. The van der Waals surface area contributed by atoms with Crippen LogP contribution in [0.4, 0.5) is 0 Å². The Morgan fingerprint density at radius 3 is 2.71 bits per heavy atom. The molecule has 0 amide bonds. The lowest BCUT2D eigenvalue weighted by Gasteiger charge is -2.06. The molecular weight excluding hydrogens is 244 g/mol. The lowest BCUT2D eigenvalue weighted by atomic mass is 10.3. The summed E-state index contributed by atoms with van der Waals surface area (Å²) in [5.41, 5.74) is 0. The minimum absolute atomic E-state index is 0.0172. The van der Waals surface area contributed by atoms with Crippen molar-refractivity contribution in [3.8, 4) is 5.75 Å². The number of nitrogens with zero attached hydrogens (tertiary/aromatic N) is 1. The van der Waals surface area contributed by atoms with Gasteiger partial charge in [-0.05, 0) is 12.1 Å². The SMILES string of the molecule is O=S(=O)(NCc1ccno1)c1ccccc1O. The van der Waals surface area contributed by atoms with Crippen LogP contribution in [0.3, 0.4) is 0 Å². The van der Waals surface area contributed by atoms with Gasteiger partial charge in [-0.15, -0.1) is 0 Å². The van der Waals surface area contributed by atoms with Gasteiger partial charge < -0.3 is 9.63 Å². The summed E-state index contributed by atoms with van der Waals surface area (Å²) < 4.78 is 30.7. The number of aromatic nitrogens is 1. The van der Waals surface area contributed by atoms with E-state index in [4.69, 9.17) is 4.52 Å². The summed E-state index contributed by atoms with van der Waals surface area (Å²) in [7, 11) is -3.75. The molecule has 0 radical (unpaired) electrons. The van der Waals surface area contributed by atoms with E-state index >= 15 is 0 Å². The zero-order valence-corrected chi connectivity index (χ0v) is 9.52. The molecule has 0 spiro atoms. The topological polar surface area (TPSA) is 92.4 Å². The number of phenolic OH excluding ortho intramolecular Hbond substituents is 1. The van der Waals surface area contributed by atoms with E-state index in [2.05, 4.69) is 9.88 Å². The summed E-state index contributed by atoms with van der Waals surface area (Å²) in [5.74, 6) is 0.0987. The molecule has 0 aliphatic rings. The Labute approximate surface area is 97.9 Å². The molecule has 2 N–H and O–H groups in total. The van der Waals surface area contributed by atoms with E-state index in [1.54, 1.807) is 12.1 Å². The maximum Gasteiger partial charge on any atom is 0.244 e. The number of nitrogens with one attached hydrogen (secondary N) is 1. The van der Waals surface area contributed by atoms with Gasteiger partial charge in [0.1, 0.15) is 10.6 Å². The van der Waals surface area contributed by atoms with Gasteiger partial charge in [0.05, 0.1) is 12.7 Å². The zero-order chi connectivity index (χ0) is 12.3. The van der Waals surface area contributed by atoms with Gasteiger partial charge in [-0.2, -0.15) is 0 Å². The molecule has 0 atom stereocenters. The minimum Gasteiger partial charge on any atom is -0.507 e. The highest BCUT2D eigenvalue weighted by molar-refractivity contribution is 7.89. The Kier molecular flexibility index (Phi) is 3.12. The molecule has 0 fully saturated rings. The zero-order valence-electron chi connectivity index (χ0n) is 8.70. The first-order chi connectivity index (χ1) is 8.09. The van der Waals surface area contributed by atoms with Crippen LogP contribution in [0.2, 0.25) is 0 Å². The summed E-state index contributed by atoms with van der Waals surface area (Å²) in [6.07, 6.45) is 1.42. The Bertz CT molecular complexity index is 593. The Balaban J connectivity index is 2.17. The normalized spacial score (nSPS) is 11.5. The molecule has 0 bridgehead atoms. The molecule has 17 heavy (non-hydrogen) atoms. The fraction of sp³-hybridized carbons (Fsp3) is 0.100. The largest absolute Gasteiger partial charge is 0.507 e. The van der Waals surface area contributed by atoms with Crippen molar-refractivity contribution < 1.29 is 18.0 Å². The monoisotopic (exact) mass is 254 g/mol. The molecule has 0 saturated carbocycles. The predicted molar refractivity (Wildman–Crippen MR) is 58.6 cm³/mol. The molecule has 2 rings (SSSR count). The van der Waals surface area contributed by atoms with Crippen LogP contribution in [-0.4, -0.2) is 18.7 Å². The van der Waals surface area contributed by atoms with Crippen molar-refractivity contribution >= 4 is 10.0 Å². The number of rotatable bonds is 4. The number of aromatic hydroxyl groups is 1. The molecule has 1 aromatic carbocycles. The number of phenols is 1. The van der Waals surface area contributed by atoms with Gasteiger partial charge in [0, 0.05) is 6.07 Å². The van der Waals surface area contributed by atoms with Crippen molar-refractivity contribution in [1.82, 2.24) is 9.88 Å². The summed E-state index contributed by atoms with van der Waals surface area (Å²) in [4.78, 5) is -0.167. The van der Waals surface area contributed by atoms with E-state index in [9.17, 15) is 13.5 Å².